The molecule has 0 aliphatic rings. The first kappa shape index (κ1) is 22.1. The Bertz CT molecular complexity index is 420. The molecular weight excluding hydrogens is 380 g/mol. The molecule has 0 aliphatic carbocycles. The van der Waals surface area contributed by atoms with E-state index in [9.17, 15) is 0 Å². The number of benzene rings is 1. The van der Waals surface area contributed by atoms with Crippen LogP contribution in [-0.2, 0) is 17.8 Å². The van der Waals surface area contributed by atoms with Gasteiger partial charge in [0.05, 0.1) is 0 Å². The van der Waals surface area contributed by atoms with Gasteiger partial charge in [-0.25, -0.2) is 0 Å². The van der Waals surface area contributed by atoms with Crippen LogP contribution in [0.3, 0.4) is 0 Å². The molecule has 0 radical (unpaired) electrons. The predicted molar refractivity (Wildman–Crippen MR) is 102 cm³/mol. The van der Waals surface area contributed by atoms with E-state index >= 15 is 0 Å². The first-order valence-corrected chi connectivity index (χ1v) is 11.2. The summed E-state index contributed by atoms with van der Waals surface area (Å²) in [6.07, 6.45) is 0. The van der Waals surface area contributed by atoms with Crippen LogP contribution in [0.25, 0.3) is 0 Å². The van der Waals surface area contributed by atoms with Gasteiger partial charge in [0.1, 0.15) is 0 Å². The fourth-order valence-corrected chi connectivity index (χ4v) is 7.30. The summed E-state index contributed by atoms with van der Waals surface area (Å²) in [4.78, 5) is 0. The Hall–Kier alpha value is 0.142. The van der Waals surface area contributed by atoms with E-state index in [1.807, 2.05) is 0 Å². The molecule has 0 heterocycles. The summed E-state index contributed by atoms with van der Waals surface area (Å²) in [6.45, 7) is 16.3. The SMILES string of the molecule is CC(C)P(C(C)C)C(C)C.Cc1ccccc1[CH]=[Pd][N](C)C. The fraction of sp³-hybridized carbons (Fsp3) is 0.632. The molecule has 0 bridgehead atoms. The molecule has 22 heavy (non-hydrogen) atoms. The molecule has 0 saturated heterocycles. The first-order valence-electron chi connectivity index (χ1n) is 8.07. The van der Waals surface area contributed by atoms with E-state index in [1.54, 1.807) is 0 Å². The first-order chi connectivity index (χ1) is 10.2. The Kier molecular flexibility index (Phi) is 11.7. The van der Waals surface area contributed by atoms with Gasteiger partial charge in [-0.3, -0.25) is 0 Å². The molecule has 0 aliphatic heterocycles. The third-order valence-corrected chi connectivity index (χ3v) is 8.34. The quantitative estimate of drug-likeness (QED) is 0.460. The summed E-state index contributed by atoms with van der Waals surface area (Å²) in [5, 5.41) is 0. The van der Waals surface area contributed by atoms with E-state index in [4.69, 9.17) is 0 Å². The van der Waals surface area contributed by atoms with Gasteiger partial charge in [-0.05, 0) is 17.0 Å². The molecule has 0 unspecified atom stereocenters. The Morgan fingerprint density at radius 1 is 0.909 bits per heavy atom. The second-order valence-electron chi connectivity index (χ2n) is 6.49. The third-order valence-electron chi connectivity index (χ3n) is 3.28. The number of hydrogen-bond acceptors (Lipinski definition) is 1. The number of rotatable bonds is 5. The predicted octanol–water partition coefficient (Wildman–Crippen LogP) is 5.40. The van der Waals surface area contributed by atoms with Crippen molar-refractivity contribution in [2.45, 2.75) is 65.4 Å². The number of nitrogens with zero attached hydrogens (tertiary/aromatic N) is 1. The van der Waals surface area contributed by atoms with Gasteiger partial charge in [0, 0.05) is 0 Å². The van der Waals surface area contributed by atoms with Crippen molar-refractivity contribution in [3.8, 4) is 0 Å². The summed E-state index contributed by atoms with van der Waals surface area (Å²) in [5.74, 6) is 0. The molecule has 0 atom stereocenters. The Labute approximate surface area is 148 Å². The molecule has 1 aromatic rings. The molecule has 0 spiro atoms. The molecule has 3 heteroatoms. The Morgan fingerprint density at radius 3 is 1.68 bits per heavy atom. The molecule has 0 saturated carbocycles. The number of hydrogen-bond donors (Lipinski definition) is 0. The van der Waals surface area contributed by atoms with Gasteiger partial charge in [-0.2, -0.15) is 0 Å². The van der Waals surface area contributed by atoms with Gasteiger partial charge in [0.2, 0.25) is 0 Å². The van der Waals surface area contributed by atoms with E-state index in [-0.39, 0.29) is 7.92 Å². The van der Waals surface area contributed by atoms with Gasteiger partial charge in [0.25, 0.3) is 0 Å². The molecule has 1 rings (SSSR count). The van der Waals surface area contributed by atoms with Crippen molar-refractivity contribution in [2.24, 2.45) is 0 Å². The van der Waals surface area contributed by atoms with Crippen molar-refractivity contribution in [3.63, 3.8) is 0 Å². The van der Waals surface area contributed by atoms with Crippen molar-refractivity contribution in [1.29, 1.82) is 0 Å². The van der Waals surface area contributed by atoms with Crippen LogP contribution in [-0.4, -0.2) is 39.1 Å². The van der Waals surface area contributed by atoms with Crippen LogP contribution in [0.5, 0.6) is 0 Å². The van der Waals surface area contributed by atoms with Crippen LogP contribution in [0.4, 0.5) is 0 Å². The summed E-state index contributed by atoms with van der Waals surface area (Å²) >= 11 is 0.584. The second kappa shape index (κ2) is 11.6. The van der Waals surface area contributed by atoms with Crippen LogP contribution >= 0.6 is 7.92 Å². The van der Waals surface area contributed by atoms with Crippen LogP contribution < -0.4 is 0 Å². The van der Waals surface area contributed by atoms with E-state index in [0.717, 1.165) is 17.0 Å². The Morgan fingerprint density at radius 2 is 1.36 bits per heavy atom. The van der Waals surface area contributed by atoms with Gasteiger partial charge in [-0.1, -0.05) is 49.5 Å². The van der Waals surface area contributed by atoms with Gasteiger partial charge >= 0.3 is 82.2 Å². The topological polar surface area (TPSA) is 3.24 Å². The number of aryl methyl sites for hydroxylation is 1. The molecule has 0 N–H and O–H groups in total. The minimum absolute atomic E-state index is 0.262. The molecular formula is C19H35NPPd. The summed E-state index contributed by atoms with van der Waals surface area (Å²) in [7, 11) is 4.46. The average molecular weight is 415 g/mol. The van der Waals surface area contributed by atoms with Crippen molar-refractivity contribution < 1.29 is 17.8 Å². The zero-order chi connectivity index (χ0) is 17.3. The van der Waals surface area contributed by atoms with E-state index < -0.39 is 0 Å². The molecule has 0 aromatic heterocycles. The fourth-order valence-electron chi connectivity index (χ4n) is 2.60. The minimum atomic E-state index is 0.262. The van der Waals surface area contributed by atoms with Crippen molar-refractivity contribution in [2.75, 3.05) is 14.1 Å². The standard InChI is InChI=1S/C9H21P.C8H8.C2H6N.Pd/c1-7(2)10(8(3)4)9(5)6;1-7-5-3-4-6-8(7)2;1-3-2;/h7-9H,1-6H3;1,3-6H,2H3;1-2H3;/q;;-1;+1. The molecule has 0 fully saturated rings. The summed E-state index contributed by atoms with van der Waals surface area (Å²) < 4.78 is 4.50. The zero-order valence-corrected chi connectivity index (χ0v) is 18.3. The summed E-state index contributed by atoms with van der Waals surface area (Å²) in [5.41, 5.74) is 5.41. The monoisotopic (exact) mass is 414 g/mol. The molecule has 0 amide bonds. The van der Waals surface area contributed by atoms with Crippen LogP contribution in [0.2, 0.25) is 0 Å². The van der Waals surface area contributed by atoms with E-state index in [1.165, 1.54) is 11.1 Å². The van der Waals surface area contributed by atoms with Gasteiger partial charge in [-0.15, -0.1) is 0 Å². The van der Waals surface area contributed by atoms with Crippen molar-refractivity contribution in [1.82, 2.24) is 3.53 Å². The van der Waals surface area contributed by atoms with Crippen LogP contribution in [0, 0.1) is 6.92 Å². The van der Waals surface area contributed by atoms with Gasteiger partial charge in [0.15, 0.2) is 0 Å². The maximum absolute atomic E-state index is 2.35. The normalized spacial score (nSPS) is 12.6. The van der Waals surface area contributed by atoms with Crippen LogP contribution in [0.15, 0.2) is 24.3 Å². The van der Waals surface area contributed by atoms with Crippen molar-refractivity contribution >= 4 is 12.4 Å². The maximum atomic E-state index is 2.35. The molecule has 1 nitrogen and oxygen atoms in total. The molecule has 131 valence electrons. The summed E-state index contributed by atoms with van der Waals surface area (Å²) in [6, 6.07) is 8.48. The Balaban J connectivity index is 0.000000409. The van der Waals surface area contributed by atoms with Crippen LogP contribution in [0.1, 0.15) is 52.7 Å². The van der Waals surface area contributed by atoms with E-state index in [2.05, 4.69) is 94.8 Å². The van der Waals surface area contributed by atoms with Crippen molar-refractivity contribution in [3.05, 3.63) is 35.4 Å². The third kappa shape index (κ3) is 9.32. The van der Waals surface area contributed by atoms with E-state index in [0.29, 0.717) is 17.8 Å². The second-order valence-corrected chi connectivity index (χ2v) is 12.7. The van der Waals surface area contributed by atoms with Gasteiger partial charge < -0.3 is 0 Å². The zero-order valence-electron chi connectivity index (χ0n) is 15.8. The average Bonchev–Trinajstić information content (AvgIpc) is 2.36. The molecule has 1 aromatic carbocycles.